The first-order valence-electron chi connectivity index (χ1n) is 11.6. The second-order valence-corrected chi connectivity index (χ2v) is 9.38. The summed E-state index contributed by atoms with van der Waals surface area (Å²) in [6.45, 7) is 12.9. The highest BCUT2D eigenvalue weighted by atomic mass is 16.6. The minimum Gasteiger partial charge on any atom is -0.450 e. The Morgan fingerprint density at radius 3 is 2.45 bits per heavy atom. The van der Waals surface area contributed by atoms with Gasteiger partial charge < -0.3 is 24.6 Å². The summed E-state index contributed by atoms with van der Waals surface area (Å²) in [6, 6.07) is 0. The molecule has 8 heteroatoms. The second kappa shape index (κ2) is 10.0. The van der Waals surface area contributed by atoms with E-state index in [1.165, 1.54) is 6.42 Å². The lowest BCUT2D eigenvalue weighted by molar-refractivity contribution is -0.150. The molecule has 2 unspecified atom stereocenters. The van der Waals surface area contributed by atoms with Crippen LogP contribution in [0.5, 0.6) is 0 Å². The summed E-state index contributed by atoms with van der Waals surface area (Å²) in [5.74, 6) is 0.764. The lowest BCUT2D eigenvalue weighted by Gasteiger charge is -2.38. The number of likely N-dealkylation sites (tertiary alicyclic amines) is 2. The molecule has 0 bridgehead atoms. The van der Waals surface area contributed by atoms with Gasteiger partial charge in [0.05, 0.1) is 12.2 Å². The standard InChI is InChI=1S/C23H37N3O5/c1-5-30-22(29)26-11-7-23(8-12-26)19(18(4)21(28)31-23)20(27)24-9-6-10-25-14-16(2)13-17(3)15-25/h16-17H,5-15H2,1-4H3,(H,24,27). The maximum atomic E-state index is 13.0. The van der Waals surface area contributed by atoms with E-state index in [1.807, 2.05) is 0 Å². The largest absolute Gasteiger partial charge is 0.450 e. The summed E-state index contributed by atoms with van der Waals surface area (Å²) in [4.78, 5) is 41.4. The van der Waals surface area contributed by atoms with Gasteiger partial charge >= 0.3 is 12.1 Å². The summed E-state index contributed by atoms with van der Waals surface area (Å²) >= 11 is 0. The van der Waals surface area contributed by atoms with Crippen LogP contribution in [-0.4, -0.2) is 79.2 Å². The number of nitrogens with one attached hydrogen (secondary N) is 1. The van der Waals surface area contributed by atoms with Crippen LogP contribution in [0.4, 0.5) is 4.79 Å². The van der Waals surface area contributed by atoms with Crippen molar-refractivity contribution in [2.45, 2.75) is 59.0 Å². The molecule has 0 aromatic carbocycles. The number of piperidine rings is 2. The van der Waals surface area contributed by atoms with Gasteiger partial charge in [-0.25, -0.2) is 9.59 Å². The van der Waals surface area contributed by atoms with Crippen LogP contribution in [0, 0.1) is 11.8 Å². The van der Waals surface area contributed by atoms with Crippen LogP contribution in [0.1, 0.15) is 53.4 Å². The minimum absolute atomic E-state index is 0.228. The number of esters is 1. The third kappa shape index (κ3) is 5.40. The first-order chi connectivity index (χ1) is 14.8. The Hall–Kier alpha value is -2.09. The Labute approximate surface area is 185 Å². The van der Waals surface area contributed by atoms with Crippen LogP contribution in [0.15, 0.2) is 11.1 Å². The molecule has 2 amide bonds. The summed E-state index contributed by atoms with van der Waals surface area (Å²) in [5.41, 5.74) is -0.131. The molecule has 174 valence electrons. The van der Waals surface area contributed by atoms with E-state index in [2.05, 4.69) is 24.1 Å². The highest BCUT2D eigenvalue weighted by Crippen LogP contribution is 2.41. The lowest BCUT2D eigenvalue weighted by Crippen LogP contribution is -2.50. The van der Waals surface area contributed by atoms with Crippen molar-refractivity contribution in [3.63, 3.8) is 0 Å². The van der Waals surface area contributed by atoms with Gasteiger partial charge in [-0.3, -0.25) is 4.79 Å². The Bertz CT molecular complexity index is 717. The molecule has 2 atom stereocenters. The van der Waals surface area contributed by atoms with Gasteiger partial charge in [0.15, 0.2) is 0 Å². The molecule has 31 heavy (non-hydrogen) atoms. The molecule has 3 rings (SSSR count). The van der Waals surface area contributed by atoms with Gasteiger partial charge in [0.2, 0.25) is 0 Å². The zero-order chi connectivity index (χ0) is 22.6. The molecular weight excluding hydrogens is 398 g/mol. The number of rotatable bonds is 6. The molecule has 2 fully saturated rings. The summed E-state index contributed by atoms with van der Waals surface area (Å²) in [7, 11) is 0. The fraction of sp³-hybridized carbons (Fsp3) is 0.783. The predicted molar refractivity (Wildman–Crippen MR) is 116 cm³/mol. The van der Waals surface area contributed by atoms with E-state index in [0.29, 0.717) is 62.1 Å². The number of ether oxygens (including phenoxy) is 2. The number of hydrogen-bond donors (Lipinski definition) is 1. The topological polar surface area (TPSA) is 88.2 Å². The van der Waals surface area contributed by atoms with Crippen LogP contribution >= 0.6 is 0 Å². The number of amides is 2. The quantitative estimate of drug-likeness (QED) is 0.509. The molecule has 0 saturated carbocycles. The minimum atomic E-state index is -0.939. The Morgan fingerprint density at radius 2 is 1.84 bits per heavy atom. The average molecular weight is 436 g/mol. The van der Waals surface area contributed by atoms with Crippen molar-refractivity contribution in [3.8, 4) is 0 Å². The van der Waals surface area contributed by atoms with E-state index >= 15 is 0 Å². The van der Waals surface area contributed by atoms with Crippen molar-refractivity contribution in [1.82, 2.24) is 15.1 Å². The first kappa shape index (κ1) is 23.6. The Balaban J connectivity index is 1.54. The zero-order valence-electron chi connectivity index (χ0n) is 19.4. The van der Waals surface area contributed by atoms with Crippen LogP contribution in [0.3, 0.4) is 0 Å². The Kier molecular flexibility index (Phi) is 7.62. The van der Waals surface area contributed by atoms with Crippen LogP contribution in [-0.2, 0) is 19.1 Å². The van der Waals surface area contributed by atoms with Crippen molar-refractivity contribution in [2.75, 3.05) is 45.9 Å². The molecule has 0 radical (unpaired) electrons. The maximum Gasteiger partial charge on any atom is 0.409 e. The zero-order valence-corrected chi connectivity index (χ0v) is 19.4. The van der Waals surface area contributed by atoms with Gasteiger partial charge in [0, 0.05) is 51.1 Å². The fourth-order valence-corrected chi connectivity index (χ4v) is 5.31. The fourth-order valence-electron chi connectivity index (χ4n) is 5.31. The van der Waals surface area contributed by atoms with Crippen molar-refractivity contribution >= 4 is 18.0 Å². The molecule has 3 aliphatic heterocycles. The summed E-state index contributed by atoms with van der Waals surface area (Å²) in [6.07, 6.45) is 2.60. The van der Waals surface area contributed by atoms with Crippen LogP contribution < -0.4 is 5.32 Å². The Morgan fingerprint density at radius 1 is 1.19 bits per heavy atom. The van der Waals surface area contributed by atoms with Gasteiger partial charge in [-0.15, -0.1) is 0 Å². The number of carbonyl (C=O) groups is 3. The lowest BCUT2D eigenvalue weighted by atomic mass is 9.83. The molecule has 0 aromatic rings. The normalized spacial score (nSPS) is 26.2. The van der Waals surface area contributed by atoms with Crippen molar-refractivity contribution in [1.29, 1.82) is 0 Å². The van der Waals surface area contributed by atoms with Gasteiger partial charge in [0.1, 0.15) is 5.60 Å². The smallest absolute Gasteiger partial charge is 0.409 e. The van der Waals surface area contributed by atoms with Crippen LogP contribution in [0.25, 0.3) is 0 Å². The van der Waals surface area contributed by atoms with E-state index in [9.17, 15) is 14.4 Å². The highest BCUT2D eigenvalue weighted by molar-refractivity contribution is 6.07. The number of carbonyl (C=O) groups excluding carboxylic acids is 3. The third-order valence-corrected chi connectivity index (χ3v) is 6.63. The molecule has 1 spiro atoms. The van der Waals surface area contributed by atoms with E-state index in [0.717, 1.165) is 26.1 Å². The van der Waals surface area contributed by atoms with E-state index in [-0.39, 0.29) is 12.0 Å². The molecule has 8 nitrogen and oxygen atoms in total. The van der Waals surface area contributed by atoms with Crippen molar-refractivity contribution in [3.05, 3.63) is 11.1 Å². The number of nitrogens with zero attached hydrogens (tertiary/aromatic N) is 2. The van der Waals surface area contributed by atoms with Gasteiger partial charge in [-0.2, -0.15) is 0 Å². The van der Waals surface area contributed by atoms with Gasteiger partial charge in [0.25, 0.3) is 5.91 Å². The van der Waals surface area contributed by atoms with Gasteiger partial charge in [-0.05, 0) is 45.1 Å². The van der Waals surface area contributed by atoms with Crippen molar-refractivity contribution < 1.29 is 23.9 Å². The van der Waals surface area contributed by atoms with E-state index in [4.69, 9.17) is 9.47 Å². The van der Waals surface area contributed by atoms with Crippen molar-refractivity contribution in [2.24, 2.45) is 11.8 Å². The monoisotopic (exact) mass is 435 g/mol. The third-order valence-electron chi connectivity index (χ3n) is 6.63. The molecule has 3 heterocycles. The summed E-state index contributed by atoms with van der Waals surface area (Å²) in [5, 5.41) is 3.00. The van der Waals surface area contributed by atoms with E-state index < -0.39 is 11.6 Å². The first-order valence-corrected chi connectivity index (χ1v) is 11.6. The molecule has 0 aliphatic carbocycles. The SMILES string of the molecule is CCOC(=O)N1CCC2(CC1)OC(=O)C(C)=C2C(=O)NCCCN1CC(C)CC(C)C1. The van der Waals surface area contributed by atoms with E-state index in [1.54, 1.807) is 18.7 Å². The maximum absolute atomic E-state index is 13.0. The second-order valence-electron chi connectivity index (χ2n) is 9.38. The summed E-state index contributed by atoms with van der Waals surface area (Å²) < 4.78 is 10.7. The highest BCUT2D eigenvalue weighted by Gasteiger charge is 2.51. The predicted octanol–water partition coefficient (Wildman–Crippen LogP) is 2.34. The molecular formula is C23H37N3O5. The molecule has 3 aliphatic rings. The van der Waals surface area contributed by atoms with Gasteiger partial charge in [-0.1, -0.05) is 13.8 Å². The molecule has 2 saturated heterocycles. The average Bonchev–Trinajstić information content (AvgIpc) is 2.94. The number of hydrogen-bond acceptors (Lipinski definition) is 6. The molecule has 1 N–H and O–H groups in total. The molecule has 0 aromatic heterocycles. The van der Waals surface area contributed by atoms with Crippen LogP contribution in [0.2, 0.25) is 0 Å².